The highest BCUT2D eigenvalue weighted by atomic mass is 19.4. The van der Waals surface area contributed by atoms with Gasteiger partial charge < -0.3 is 44.0 Å². The van der Waals surface area contributed by atoms with E-state index in [0.717, 1.165) is 32.0 Å². The number of Topliss-reactive ketones (excluding diaryl/α,β-unsaturated/α-hetero) is 1. The molecule has 1 heterocycles. The summed E-state index contributed by atoms with van der Waals surface area (Å²) in [6, 6.07) is 24.6. The number of hydrogen-bond donors (Lipinski definition) is 3. The number of ether oxygens (including phenoxy) is 6. The van der Waals surface area contributed by atoms with Gasteiger partial charge in [0.05, 0.1) is 40.7 Å². The molecule has 3 aliphatic carbocycles. The molecule has 390 valence electrons. The Morgan fingerprint density at radius 3 is 1.93 bits per heavy atom. The summed E-state index contributed by atoms with van der Waals surface area (Å²) < 4.78 is 78.3. The number of amides is 1. The Kier molecular flexibility index (Phi) is 14.3. The van der Waals surface area contributed by atoms with Gasteiger partial charge in [-0.2, -0.15) is 13.2 Å². The first-order chi connectivity index (χ1) is 34.8. The van der Waals surface area contributed by atoms with Gasteiger partial charge in [0.25, 0.3) is 5.91 Å². The van der Waals surface area contributed by atoms with Gasteiger partial charge in [0, 0.05) is 37.7 Å². The molecule has 11 atom stereocenters. The van der Waals surface area contributed by atoms with Crippen molar-refractivity contribution in [1.29, 1.82) is 0 Å². The summed E-state index contributed by atoms with van der Waals surface area (Å²) in [5, 5.41) is 28.9. The molecule has 16 nitrogen and oxygen atoms in total. The van der Waals surface area contributed by atoms with Gasteiger partial charge in [0.2, 0.25) is 6.10 Å². The van der Waals surface area contributed by atoms with Crippen molar-refractivity contribution in [3.63, 3.8) is 0 Å². The van der Waals surface area contributed by atoms with Gasteiger partial charge in [-0.15, -0.1) is 0 Å². The number of alkyl halides is 3. The van der Waals surface area contributed by atoms with Gasteiger partial charge in [-0.1, -0.05) is 86.6 Å². The summed E-state index contributed by atoms with van der Waals surface area (Å²) in [7, 11) is 0. The lowest BCUT2D eigenvalue weighted by Crippen LogP contribution is -2.82. The SMILES string of the molecule is CC(=O)O[C@H]1C(=O)[C@@]2(C)C([C@H](OC(=O)c3ccccc3)[C@]3(O)C[C@H](OC(=O)[C@H](OC(=O)c4cccc(C(F)(F)F)c4)[C@@H](NC(=O)c4ccccc4)c4ccccc4)C(C)=C1C3(C)C)[C@]1(OC(C)=O)CO[C@@H]1C[C@@H]2O. The monoisotopic (exact) mass is 1030 g/mol. The fraction of sp³-hybridized carbons (Fsp3) is 0.400. The summed E-state index contributed by atoms with van der Waals surface area (Å²) in [6.45, 7) is 7.45. The molecule has 2 bridgehead atoms. The Hall–Kier alpha value is -7.22. The molecule has 3 fully saturated rings. The van der Waals surface area contributed by atoms with E-state index in [1.54, 1.807) is 54.6 Å². The second-order valence-corrected chi connectivity index (χ2v) is 19.8. The molecule has 74 heavy (non-hydrogen) atoms. The van der Waals surface area contributed by atoms with E-state index >= 15 is 9.59 Å². The van der Waals surface area contributed by atoms with Crippen LogP contribution in [0.2, 0.25) is 0 Å². The van der Waals surface area contributed by atoms with Crippen LogP contribution in [-0.2, 0) is 53.8 Å². The predicted octanol–water partition coefficient (Wildman–Crippen LogP) is 6.62. The second-order valence-electron chi connectivity index (χ2n) is 19.8. The number of ketones is 1. The van der Waals surface area contributed by atoms with Crippen molar-refractivity contribution in [2.45, 2.75) is 114 Å². The Bertz CT molecular complexity index is 2890. The van der Waals surface area contributed by atoms with Crippen LogP contribution < -0.4 is 5.32 Å². The van der Waals surface area contributed by atoms with E-state index in [1.807, 2.05) is 0 Å². The highest BCUT2D eigenvalue weighted by molar-refractivity contribution is 5.97. The molecule has 1 saturated heterocycles. The van der Waals surface area contributed by atoms with E-state index in [1.165, 1.54) is 64.1 Å². The summed E-state index contributed by atoms with van der Waals surface area (Å²) in [5.74, 6) is -9.14. The Morgan fingerprint density at radius 1 is 0.770 bits per heavy atom. The molecule has 4 aliphatic rings. The van der Waals surface area contributed by atoms with Crippen molar-refractivity contribution in [3.05, 3.63) is 154 Å². The van der Waals surface area contributed by atoms with E-state index in [-0.39, 0.29) is 34.3 Å². The van der Waals surface area contributed by atoms with Crippen LogP contribution >= 0.6 is 0 Å². The molecule has 0 aromatic heterocycles. The Labute approximate surface area is 423 Å². The minimum atomic E-state index is -4.89. The van der Waals surface area contributed by atoms with E-state index in [2.05, 4.69) is 5.32 Å². The first-order valence-electron chi connectivity index (χ1n) is 23.7. The maximum absolute atomic E-state index is 15.7. The van der Waals surface area contributed by atoms with Gasteiger partial charge in [0.1, 0.15) is 30.0 Å². The van der Waals surface area contributed by atoms with E-state index in [0.29, 0.717) is 6.07 Å². The molecule has 4 aromatic rings. The van der Waals surface area contributed by atoms with Crippen molar-refractivity contribution in [1.82, 2.24) is 5.32 Å². The van der Waals surface area contributed by atoms with E-state index in [4.69, 9.17) is 28.4 Å². The molecule has 2 saturated carbocycles. The number of halogens is 3. The summed E-state index contributed by atoms with van der Waals surface area (Å²) >= 11 is 0. The number of aliphatic hydroxyl groups excluding tert-OH is 1. The van der Waals surface area contributed by atoms with Crippen molar-refractivity contribution in [2.75, 3.05) is 6.61 Å². The molecule has 19 heteroatoms. The molecule has 0 radical (unpaired) electrons. The Balaban J connectivity index is 1.32. The third-order valence-corrected chi connectivity index (χ3v) is 15.1. The molecular weight excluding hydrogens is 972 g/mol. The summed E-state index contributed by atoms with van der Waals surface area (Å²) in [5.41, 5.74) is -10.2. The fourth-order valence-corrected chi connectivity index (χ4v) is 11.3. The number of rotatable bonds is 12. The van der Waals surface area contributed by atoms with Crippen molar-refractivity contribution in [2.24, 2.45) is 16.7 Å². The van der Waals surface area contributed by atoms with Crippen molar-refractivity contribution < 1.29 is 85.4 Å². The molecule has 1 unspecified atom stereocenters. The highest BCUT2D eigenvalue weighted by Gasteiger charge is 2.78. The zero-order valence-corrected chi connectivity index (χ0v) is 41.0. The van der Waals surface area contributed by atoms with Gasteiger partial charge in [0.15, 0.2) is 17.5 Å². The van der Waals surface area contributed by atoms with Crippen LogP contribution in [0.3, 0.4) is 0 Å². The van der Waals surface area contributed by atoms with Crippen LogP contribution in [0.5, 0.6) is 0 Å². The number of fused-ring (bicyclic) bond motifs is 5. The fourth-order valence-electron chi connectivity index (χ4n) is 11.3. The number of hydrogen-bond acceptors (Lipinski definition) is 15. The largest absolute Gasteiger partial charge is 0.455 e. The Morgan fingerprint density at radius 2 is 1.36 bits per heavy atom. The standard InChI is InChI=1S/C55H54F3NO15/c1-29-37(71-50(67)43(72-49(66)35-23-16-24-36(25-35)55(56,57)58)41(32-17-10-7-11-18-32)59-47(64)33-19-12-8-13-20-33)27-54(68)46(73-48(65)34-21-14-9-15-22-34)44-52(6,38(62)26-39-53(44,28-69-39)74-31(3)61)45(63)42(70-30(2)60)40(29)51(54,4)5/h7-25,37-39,41-44,46,62,68H,26-28H2,1-6H3,(H,59,64)/t37-,38-,39+,41-,42+,43+,44?,46-,52+,53-,54+/m0/s1. The topological polar surface area (TPSA) is 227 Å². The molecule has 1 amide bonds. The molecular formula is C55H54F3NO15. The van der Waals surface area contributed by atoms with Crippen LogP contribution in [0.15, 0.2) is 126 Å². The van der Waals surface area contributed by atoms with Gasteiger partial charge in [-0.05, 0) is 73.0 Å². The van der Waals surface area contributed by atoms with Gasteiger partial charge >= 0.3 is 36.0 Å². The van der Waals surface area contributed by atoms with Gasteiger partial charge in [-0.25, -0.2) is 14.4 Å². The zero-order valence-electron chi connectivity index (χ0n) is 41.0. The third-order valence-electron chi connectivity index (χ3n) is 15.1. The first kappa shape index (κ1) is 53.1. The normalized spacial score (nSPS) is 28.7. The highest BCUT2D eigenvalue weighted by Crippen LogP contribution is 2.64. The molecule has 3 N–H and O–H groups in total. The van der Waals surface area contributed by atoms with Crippen LogP contribution in [0.1, 0.15) is 103 Å². The first-order valence-corrected chi connectivity index (χ1v) is 23.7. The second kappa shape index (κ2) is 19.9. The maximum atomic E-state index is 15.7. The van der Waals surface area contributed by atoms with Crippen LogP contribution in [0, 0.1) is 16.7 Å². The maximum Gasteiger partial charge on any atom is 0.416 e. The summed E-state index contributed by atoms with van der Waals surface area (Å²) in [4.78, 5) is 100.0. The summed E-state index contributed by atoms with van der Waals surface area (Å²) in [6.07, 6.45) is -16.6. The lowest BCUT2D eigenvalue weighted by Gasteiger charge is -2.67. The number of benzene rings is 4. The van der Waals surface area contributed by atoms with Crippen molar-refractivity contribution >= 4 is 41.5 Å². The van der Waals surface area contributed by atoms with Crippen LogP contribution in [0.4, 0.5) is 13.2 Å². The number of aliphatic hydroxyl groups is 2. The lowest BCUT2D eigenvalue weighted by atomic mass is 9.44. The smallest absolute Gasteiger partial charge is 0.416 e. The van der Waals surface area contributed by atoms with E-state index < -0.39 is 142 Å². The minimum Gasteiger partial charge on any atom is -0.455 e. The van der Waals surface area contributed by atoms with Crippen LogP contribution in [0.25, 0.3) is 0 Å². The average molecular weight is 1030 g/mol. The van der Waals surface area contributed by atoms with Crippen LogP contribution in [-0.4, -0.2) is 106 Å². The van der Waals surface area contributed by atoms with Crippen molar-refractivity contribution in [3.8, 4) is 0 Å². The quantitative estimate of drug-likeness (QED) is 0.0770. The van der Waals surface area contributed by atoms with E-state index in [9.17, 15) is 47.4 Å². The molecule has 8 rings (SSSR count). The average Bonchev–Trinajstić information content (AvgIpc) is 3.36. The third kappa shape index (κ3) is 9.36. The van der Waals surface area contributed by atoms with Gasteiger partial charge in [-0.3, -0.25) is 19.2 Å². The number of esters is 5. The molecule has 1 aliphatic heterocycles. The molecule has 0 spiro atoms. The lowest BCUT2D eigenvalue weighted by molar-refractivity contribution is -0.346. The number of carbonyl (C=O) groups is 7. The minimum absolute atomic E-state index is 0.0123. The number of carbonyl (C=O) groups excluding carboxylic acids is 7. The zero-order chi connectivity index (χ0) is 53.7. The molecule has 4 aromatic carbocycles. The predicted molar refractivity (Wildman–Crippen MR) is 252 cm³/mol. The number of nitrogens with one attached hydrogen (secondary N) is 1.